The molecule has 3 N–H and O–H groups in total. The van der Waals surface area contributed by atoms with Crippen molar-refractivity contribution in [1.82, 2.24) is 14.9 Å². The van der Waals surface area contributed by atoms with Crippen LogP contribution in [0.1, 0.15) is 0 Å². The first-order valence-electron chi connectivity index (χ1n) is 7.06. The van der Waals surface area contributed by atoms with Gasteiger partial charge in [0.05, 0.1) is 16.9 Å². The number of nitrogens with one attached hydrogen (secondary N) is 1. The van der Waals surface area contributed by atoms with Crippen LogP contribution < -0.4 is 11.2 Å². The fraction of sp³-hybridized carbons (Fsp3) is 0.0714. The van der Waals surface area contributed by atoms with E-state index in [1.165, 1.54) is 23.1 Å². The number of carbonyl (C=O) groups excluding carboxylic acids is 1. The second-order valence-electron chi connectivity index (χ2n) is 4.91. The summed E-state index contributed by atoms with van der Waals surface area (Å²) in [5, 5.41) is 21.8. The van der Waals surface area contributed by atoms with Crippen LogP contribution in [0.25, 0.3) is 11.6 Å². The predicted octanol–water partition coefficient (Wildman–Crippen LogP) is 2.54. The van der Waals surface area contributed by atoms with Crippen molar-refractivity contribution in [2.24, 2.45) is 0 Å². The summed E-state index contributed by atoms with van der Waals surface area (Å²) in [5.41, 5.74) is -0.242. The summed E-state index contributed by atoms with van der Waals surface area (Å²) in [6.45, 7) is 0. The van der Waals surface area contributed by atoms with Crippen LogP contribution in [0.5, 0.6) is 0 Å². The molecule has 0 saturated carbocycles. The average Bonchev–Trinajstić information content (AvgIpc) is 3.24. The van der Waals surface area contributed by atoms with Gasteiger partial charge in [-0.1, -0.05) is 23.4 Å². The maximum Gasteiger partial charge on any atom is 0.294 e. The second-order valence-corrected chi connectivity index (χ2v) is 6.29. The fourth-order valence-electron chi connectivity index (χ4n) is 2.03. The zero-order valence-electron chi connectivity index (χ0n) is 13.0. The maximum absolute atomic E-state index is 12.1. The number of hydrogen-bond donors (Lipinski definition) is 2. The first kappa shape index (κ1) is 17.8. The summed E-state index contributed by atoms with van der Waals surface area (Å²) in [4.78, 5) is 22.5. The van der Waals surface area contributed by atoms with Gasteiger partial charge in [0.1, 0.15) is 5.69 Å². The molecule has 0 aliphatic heterocycles. The smallest absolute Gasteiger partial charge is 0.294 e. The summed E-state index contributed by atoms with van der Waals surface area (Å²) < 4.78 is 6.39. The van der Waals surface area contributed by atoms with Crippen LogP contribution in [0, 0.1) is 10.1 Å². The number of amides is 1. The molecule has 0 saturated heterocycles. The van der Waals surface area contributed by atoms with Gasteiger partial charge in [-0.15, -0.1) is 10.2 Å². The summed E-state index contributed by atoms with van der Waals surface area (Å²) in [6, 6.07) is 7.33. The average molecular weight is 395 g/mol. The van der Waals surface area contributed by atoms with Crippen LogP contribution in [-0.4, -0.2) is 31.5 Å². The van der Waals surface area contributed by atoms with Gasteiger partial charge in [0, 0.05) is 11.1 Å². The van der Waals surface area contributed by atoms with Crippen LogP contribution in [0.4, 0.5) is 11.4 Å². The van der Waals surface area contributed by atoms with Gasteiger partial charge >= 0.3 is 0 Å². The third kappa shape index (κ3) is 3.78. The summed E-state index contributed by atoms with van der Waals surface area (Å²) >= 11 is 6.76. The van der Waals surface area contributed by atoms with Crippen molar-refractivity contribution in [1.29, 1.82) is 0 Å². The molecule has 0 spiro atoms. The Kier molecular flexibility index (Phi) is 5.09. The maximum atomic E-state index is 12.1. The Bertz CT molecular complexity index is 959. The van der Waals surface area contributed by atoms with E-state index in [4.69, 9.17) is 21.9 Å². The molecule has 0 bridgehead atoms. The molecule has 1 amide bonds. The normalized spacial score (nSPS) is 10.7. The summed E-state index contributed by atoms with van der Waals surface area (Å²) in [7, 11) is 0. The Hall–Kier alpha value is -3.05. The van der Waals surface area contributed by atoms with Gasteiger partial charge in [-0.05, 0) is 24.3 Å². The standard InChI is InChI=1S/C14H11ClN6O4S/c15-8-3-4-9(10(6-8)21(23)24)17-12(22)7-26-14-19-18-13(20(14)16)11-2-1-5-25-11/h1-6H,7,16H2,(H,17,22). The third-order valence-electron chi connectivity index (χ3n) is 3.17. The number of aromatic nitrogens is 3. The molecule has 10 nitrogen and oxygen atoms in total. The molecule has 0 atom stereocenters. The number of nitrogen functional groups attached to an aromatic ring is 1. The lowest BCUT2D eigenvalue weighted by Gasteiger charge is -2.06. The Morgan fingerprint density at radius 1 is 1.42 bits per heavy atom. The minimum Gasteiger partial charge on any atom is -0.461 e. The lowest BCUT2D eigenvalue weighted by molar-refractivity contribution is -0.383. The molecule has 0 radical (unpaired) electrons. The van der Waals surface area contributed by atoms with Crippen molar-refractivity contribution < 1.29 is 14.1 Å². The molecule has 0 fully saturated rings. The van der Waals surface area contributed by atoms with Crippen molar-refractivity contribution >= 4 is 40.6 Å². The Labute approximate surface area is 155 Å². The monoisotopic (exact) mass is 394 g/mol. The SMILES string of the molecule is Nn1c(SCC(=O)Nc2ccc(Cl)cc2[N+](=O)[O-])nnc1-c1ccco1. The minimum absolute atomic E-state index is 0.0514. The molecule has 3 rings (SSSR count). The molecule has 12 heteroatoms. The number of furan rings is 1. The first-order chi connectivity index (χ1) is 12.5. The molecule has 0 unspecified atom stereocenters. The van der Waals surface area contributed by atoms with Gasteiger partial charge in [0.15, 0.2) is 5.76 Å². The predicted molar refractivity (Wildman–Crippen MR) is 95.3 cm³/mol. The van der Waals surface area contributed by atoms with Crippen LogP contribution in [0.2, 0.25) is 5.02 Å². The van der Waals surface area contributed by atoms with Gasteiger partial charge in [0.2, 0.25) is 16.9 Å². The largest absolute Gasteiger partial charge is 0.461 e. The van der Waals surface area contributed by atoms with E-state index in [9.17, 15) is 14.9 Å². The highest BCUT2D eigenvalue weighted by Gasteiger charge is 2.18. The van der Waals surface area contributed by atoms with E-state index < -0.39 is 10.8 Å². The number of rotatable bonds is 6. The number of hydrogen-bond acceptors (Lipinski definition) is 8. The van der Waals surface area contributed by atoms with Gasteiger partial charge in [0.25, 0.3) is 5.69 Å². The second kappa shape index (κ2) is 7.45. The highest BCUT2D eigenvalue weighted by Crippen LogP contribution is 2.28. The van der Waals surface area contributed by atoms with E-state index in [2.05, 4.69) is 15.5 Å². The zero-order chi connectivity index (χ0) is 18.7. The van der Waals surface area contributed by atoms with Crippen LogP contribution in [0.15, 0.2) is 46.2 Å². The highest BCUT2D eigenvalue weighted by molar-refractivity contribution is 7.99. The molecule has 2 heterocycles. The summed E-state index contributed by atoms with van der Waals surface area (Å²) in [6.07, 6.45) is 1.48. The topological polar surface area (TPSA) is 142 Å². The first-order valence-corrected chi connectivity index (χ1v) is 8.43. The van der Waals surface area contributed by atoms with Crippen LogP contribution >= 0.6 is 23.4 Å². The summed E-state index contributed by atoms with van der Waals surface area (Å²) in [5.74, 6) is 6.09. The Balaban J connectivity index is 1.66. The van der Waals surface area contributed by atoms with Crippen molar-refractivity contribution in [2.45, 2.75) is 5.16 Å². The lowest BCUT2D eigenvalue weighted by atomic mass is 10.2. The van der Waals surface area contributed by atoms with Gasteiger partial charge < -0.3 is 15.6 Å². The number of thioether (sulfide) groups is 1. The van der Waals surface area contributed by atoms with Crippen molar-refractivity contribution in [2.75, 3.05) is 16.9 Å². The number of nitro groups is 1. The molecule has 2 aromatic heterocycles. The number of carbonyl (C=O) groups is 1. The van der Waals surface area contributed by atoms with Gasteiger partial charge in [-0.2, -0.15) is 0 Å². The van der Waals surface area contributed by atoms with E-state index in [1.807, 2.05) is 0 Å². The number of anilines is 1. The van der Waals surface area contributed by atoms with Gasteiger partial charge in [-0.25, -0.2) is 4.68 Å². The molecular weight excluding hydrogens is 384 g/mol. The Morgan fingerprint density at radius 3 is 2.92 bits per heavy atom. The van der Waals surface area contributed by atoms with Gasteiger partial charge in [-0.3, -0.25) is 14.9 Å². The molecule has 1 aromatic carbocycles. The highest BCUT2D eigenvalue weighted by atomic mass is 35.5. The van der Waals surface area contributed by atoms with Crippen LogP contribution in [0.3, 0.4) is 0 Å². The fourth-order valence-corrected chi connectivity index (χ4v) is 2.85. The number of nitro benzene ring substituents is 1. The number of halogens is 1. The molecule has 134 valence electrons. The Morgan fingerprint density at radius 2 is 2.23 bits per heavy atom. The molecule has 3 aromatic rings. The van der Waals surface area contributed by atoms with Crippen molar-refractivity contribution in [3.8, 4) is 11.6 Å². The van der Waals surface area contributed by atoms with E-state index >= 15 is 0 Å². The molecule has 0 aliphatic carbocycles. The van der Waals surface area contributed by atoms with E-state index in [1.54, 1.807) is 12.1 Å². The number of nitrogens with two attached hydrogens (primary N) is 1. The number of nitrogens with zero attached hydrogens (tertiary/aromatic N) is 4. The molecular formula is C14H11ClN6O4S. The third-order valence-corrected chi connectivity index (χ3v) is 4.35. The lowest BCUT2D eigenvalue weighted by Crippen LogP contribution is -2.17. The van der Waals surface area contributed by atoms with Crippen molar-refractivity contribution in [3.05, 3.63) is 51.7 Å². The minimum atomic E-state index is -0.624. The molecule has 0 aliphatic rings. The zero-order valence-corrected chi connectivity index (χ0v) is 14.5. The molecule has 26 heavy (non-hydrogen) atoms. The number of benzene rings is 1. The van der Waals surface area contributed by atoms with Crippen molar-refractivity contribution in [3.63, 3.8) is 0 Å². The van der Waals surface area contributed by atoms with E-state index in [0.29, 0.717) is 11.6 Å². The quantitative estimate of drug-likeness (QED) is 0.281. The van der Waals surface area contributed by atoms with E-state index in [-0.39, 0.29) is 27.3 Å². The van der Waals surface area contributed by atoms with E-state index in [0.717, 1.165) is 17.8 Å². The van der Waals surface area contributed by atoms with Crippen LogP contribution in [-0.2, 0) is 4.79 Å².